The van der Waals surface area contributed by atoms with Crippen LogP contribution in [0.3, 0.4) is 0 Å². The van der Waals surface area contributed by atoms with Crippen LogP contribution < -0.4 is 0 Å². The molecule has 21 heavy (non-hydrogen) atoms. The van der Waals surface area contributed by atoms with E-state index in [1.807, 2.05) is 55.5 Å². The van der Waals surface area contributed by atoms with E-state index >= 15 is 0 Å². The average Bonchev–Trinajstić information content (AvgIpc) is 2.51. The van der Waals surface area contributed by atoms with E-state index in [-0.39, 0.29) is 5.75 Å². The largest absolute Gasteiger partial charge is 0.507 e. The number of benzene rings is 3. The quantitative estimate of drug-likeness (QED) is 0.732. The maximum atomic E-state index is 9.95. The molecule has 1 N–H and O–H groups in total. The molecule has 0 saturated carbocycles. The molecular formula is C18H13NOS. The Morgan fingerprint density at radius 2 is 1.71 bits per heavy atom. The normalized spacial score (nSPS) is 10.5. The van der Waals surface area contributed by atoms with Crippen LogP contribution in [0, 0.1) is 18.3 Å². The molecule has 3 rings (SSSR count). The standard InChI is InChI=1S/C18H13NOS/c1-12-6-7-13(11-19)18(10-12)21-17-9-8-16(20)14-4-2-3-5-15(14)17/h2-10,20H,1H3. The molecule has 0 aliphatic carbocycles. The van der Waals surface area contributed by atoms with E-state index in [4.69, 9.17) is 0 Å². The summed E-state index contributed by atoms with van der Waals surface area (Å²) in [5.74, 6) is 0.277. The summed E-state index contributed by atoms with van der Waals surface area (Å²) >= 11 is 1.56. The Morgan fingerprint density at radius 3 is 2.48 bits per heavy atom. The Morgan fingerprint density at radius 1 is 0.952 bits per heavy atom. The van der Waals surface area contributed by atoms with Crippen LogP contribution in [-0.4, -0.2) is 5.11 Å². The van der Waals surface area contributed by atoms with E-state index in [0.717, 1.165) is 26.1 Å². The minimum atomic E-state index is 0.277. The van der Waals surface area contributed by atoms with E-state index < -0.39 is 0 Å². The zero-order valence-electron chi connectivity index (χ0n) is 11.5. The summed E-state index contributed by atoms with van der Waals surface area (Å²) in [5.41, 5.74) is 1.79. The maximum absolute atomic E-state index is 9.95. The molecule has 0 unspecified atom stereocenters. The van der Waals surface area contributed by atoms with Gasteiger partial charge in [-0.15, -0.1) is 0 Å². The predicted octanol–water partition coefficient (Wildman–Crippen LogP) is 4.88. The monoisotopic (exact) mass is 291 g/mol. The Labute approximate surface area is 127 Å². The third-order valence-corrected chi connectivity index (χ3v) is 4.47. The summed E-state index contributed by atoms with van der Waals surface area (Å²) in [4.78, 5) is 1.97. The zero-order chi connectivity index (χ0) is 14.8. The second-order valence-electron chi connectivity index (χ2n) is 4.84. The van der Waals surface area contributed by atoms with Gasteiger partial charge in [0.25, 0.3) is 0 Å². The van der Waals surface area contributed by atoms with Crippen LogP contribution in [0.4, 0.5) is 0 Å². The molecule has 0 atom stereocenters. The van der Waals surface area contributed by atoms with Crippen LogP contribution >= 0.6 is 11.8 Å². The first-order valence-corrected chi connectivity index (χ1v) is 7.40. The van der Waals surface area contributed by atoms with Gasteiger partial charge >= 0.3 is 0 Å². The minimum Gasteiger partial charge on any atom is -0.507 e. The molecule has 0 aliphatic rings. The Balaban J connectivity index is 2.13. The van der Waals surface area contributed by atoms with Gasteiger partial charge in [-0.25, -0.2) is 0 Å². The molecule has 0 fully saturated rings. The number of hydrogen-bond donors (Lipinski definition) is 1. The number of phenols is 1. The van der Waals surface area contributed by atoms with E-state index in [1.165, 1.54) is 0 Å². The van der Waals surface area contributed by atoms with Crippen LogP contribution in [0.2, 0.25) is 0 Å². The number of aryl methyl sites for hydroxylation is 1. The lowest BCUT2D eigenvalue weighted by Gasteiger charge is -2.09. The number of aromatic hydroxyl groups is 1. The van der Waals surface area contributed by atoms with E-state index in [1.54, 1.807) is 17.8 Å². The SMILES string of the molecule is Cc1ccc(C#N)c(Sc2ccc(O)c3ccccc23)c1. The zero-order valence-corrected chi connectivity index (χ0v) is 12.3. The van der Waals surface area contributed by atoms with Gasteiger partial charge in [0.15, 0.2) is 0 Å². The van der Waals surface area contributed by atoms with Crippen LogP contribution in [0.1, 0.15) is 11.1 Å². The molecule has 102 valence electrons. The summed E-state index contributed by atoms with van der Waals surface area (Å²) in [6.07, 6.45) is 0. The highest BCUT2D eigenvalue weighted by molar-refractivity contribution is 7.99. The lowest BCUT2D eigenvalue weighted by Crippen LogP contribution is -1.84. The van der Waals surface area contributed by atoms with Crippen LogP contribution in [0.15, 0.2) is 64.4 Å². The highest BCUT2D eigenvalue weighted by Crippen LogP contribution is 2.38. The summed E-state index contributed by atoms with van der Waals surface area (Å²) in [6, 6.07) is 19.4. The third-order valence-electron chi connectivity index (χ3n) is 3.34. The van der Waals surface area contributed by atoms with Crippen molar-refractivity contribution in [1.82, 2.24) is 0 Å². The van der Waals surface area contributed by atoms with Gasteiger partial charge in [-0.05, 0) is 42.1 Å². The van der Waals surface area contributed by atoms with Crippen LogP contribution in [-0.2, 0) is 0 Å². The lowest BCUT2D eigenvalue weighted by molar-refractivity contribution is 0.481. The third kappa shape index (κ3) is 2.58. The number of nitrogens with zero attached hydrogens (tertiary/aromatic N) is 1. The number of nitriles is 1. The first-order chi connectivity index (χ1) is 10.2. The predicted molar refractivity (Wildman–Crippen MR) is 85.6 cm³/mol. The van der Waals surface area contributed by atoms with Crippen molar-refractivity contribution in [3.63, 3.8) is 0 Å². The van der Waals surface area contributed by atoms with Crippen LogP contribution in [0.25, 0.3) is 10.8 Å². The highest BCUT2D eigenvalue weighted by atomic mass is 32.2. The van der Waals surface area contributed by atoms with Crippen molar-refractivity contribution in [2.45, 2.75) is 16.7 Å². The fraction of sp³-hybridized carbons (Fsp3) is 0.0556. The first-order valence-electron chi connectivity index (χ1n) is 6.58. The van der Waals surface area contributed by atoms with Crippen molar-refractivity contribution in [3.8, 4) is 11.8 Å². The average molecular weight is 291 g/mol. The van der Waals surface area contributed by atoms with Crippen LogP contribution in [0.5, 0.6) is 5.75 Å². The molecule has 3 aromatic carbocycles. The van der Waals surface area contributed by atoms with Gasteiger partial charge in [0.05, 0.1) is 5.56 Å². The van der Waals surface area contributed by atoms with E-state index in [0.29, 0.717) is 5.56 Å². The van der Waals surface area contributed by atoms with Crippen molar-refractivity contribution >= 4 is 22.5 Å². The summed E-state index contributed by atoms with van der Waals surface area (Å²) in [5, 5.41) is 21.0. The molecule has 0 aromatic heterocycles. The lowest BCUT2D eigenvalue weighted by atomic mass is 10.1. The van der Waals surface area contributed by atoms with Gasteiger partial charge in [0, 0.05) is 15.2 Å². The van der Waals surface area contributed by atoms with Crippen molar-refractivity contribution in [3.05, 3.63) is 65.7 Å². The van der Waals surface area contributed by atoms with Crippen molar-refractivity contribution in [2.75, 3.05) is 0 Å². The summed E-state index contributed by atoms with van der Waals surface area (Å²) in [7, 11) is 0. The highest BCUT2D eigenvalue weighted by Gasteiger charge is 2.09. The van der Waals surface area contributed by atoms with Crippen molar-refractivity contribution in [2.24, 2.45) is 0 Å². The van der Waals surface area contributed by atoms with Gasteiger partial charge in [0.2, 0.25) is 0 Å². The molecule has 3 aromatic rings. The number of fused-ring (bicyclic) bond motifs is 1. The smallest absolute Gasteiger partial charge is 0.123 e. The van der Waals surface area contributed by atoms with E-state index in [2.05, 4.69) is 6.07 Å². The number of phenolic OH excluding ortho intramolecular Hbond substituents is 1. The molecule has 0 heterocycles. The second kappa shape index (κ2) is 5.51. The summed E-state index contributed by atoms with van der Waals surface area (Å²) in [6.45, 7) is 2.01. The topological polar surface area (TPSA) is 44.0 Å². The Bertz CT molecular complexity index is 865. The van der Waals surface area contributed by atoms with Gasteiger partial charge in [-0.1, -0.05) is 42.1 Å². The van der Waals surface area contributed by atoms with Gasteiger partial charge < -0.3 is 5.11 Å². The first kappa shape index (κ1) is 13.5. The Hall–Kier alpha value is -2.44. The molecule has 0 saturated heterocycles. The summed E-state index contributed by atoms with van der Waals surface area (Å²) < 4.78 is 0. The minimum absolute atomic E-state index is 0.277. The van der Waals surface area contributed by atoms with Crippen molar-refractivity contribution < 1.29 is 5.11 Å². The molecule has 3 heteroatoms. The maximum Gasteiger partial charge on any atom is 0.123 e. The van der Waals surface area contributed by atoms with Gasteiger partial charge in [-0.2, -0.15) is 5.26 Å². The Kier molecular flexibility index (Phi) is 3.55. The van der Waals surface area contributed by atoms with Gasteiger partial charge in [0.1, 0.15) is 11.8 Å². The molecular weight excluding hydrogens is 278 g/mol. The fourth-order valence-corrected chi connectivity index (χ4v) is 3.40. The second-order valence-corrected chi connectivity index (χ2v) is 5.93. The number of rotatable bonds is 2. The van der Waals surface area contributed by atoms with Gasteiger partial charge in [-0.3, -0.25) is 0 Å². The molecule has 0 aliphatic heterocycles. The fourth-order valence-electron chi connectivity index (χ4n) is 2.27. The van der Waals surface area contributed by atoms with Crippen molar-refractivity contribution in [1.29, 1.82) is 5.26 Å². The molecule has 0 spiro atoms. The molecule has 0 amide bonds. The van der Waals surface area contributed by atoms with E-state index in [9.17, 15) is 10.4 Å². The number of hydrogen-bond acceptors (Lipinski definition) is 3. The molecule has 0 bridgehead atoms. The molecule has 2 nitrogen and oxygen atoms in total. The molecule has 0 radical (unpaired) electrons.